The van der Waals surface area contributed by atoms with Crippen molar-refractivity contribution in [1.82, 2.24) is 15.3 Å². The van der Waals surface area contributed by atoms with Crippen LogP contribution in [0.3, 0.4) is 0 Å². The van der Waals surface area contributed by atoms with Crippen molar-refractivity contribution in [3.63, 3.8) is 0 Å². The summed E-state index contributed by atoms with van der Waals surface area (Å²) in [6, 6.07) is 6.99. The summed E-state index contributed by atoms with van der Waals surface area (Å²) in [7, 11) is 0. The van der Waals surface area contributed by atoms with E-state index in [-0.39, 0.29) is 5.82 Å². The number of likely N-dealkylation sites (N-methyl/N-ethyl adjacent to an activating group) is 1. The maximum atomic E-state index is 12.8. The second-order valence-electron chi connectivity index (χ2n) is 4.33. The van der Waals surface area contributed by atoms with Gasteiger partial charge in [0.15, 0.2) is 0 Å². The van der Waals surface area contributed by atoms with Crippen LogP contribution in [0.5, 0.6) is 0 Å². The van der Waals surface area contributed by atoms with Crippen LogP contribution in [-0.4, -0.2) is 22.6 Å². The molecule has 18 heavy (non-hydrogen) atoms. The molecule has 1 aromatic heterocycles. The Balaban J connectivity index is 1.99. The first kappa shape index (κ1) is 12.8. The smallest absolute Gasteiger partial charge is 0.123 e. The molecular formula is C14H18FN3. The molecule has 0 bridgehead atoms. The highest BCUT2D eigenvalue weighted by Gasteiger charge is 2.10. The minimum Gasteiger partial charge on any atom is -0.349 e. The summed E-state index contributed by atoms with van der Waals surface area (Å²) in [6.07, 6.45) is 5.31. The summed E-state index contributed by atoms with van der Waals surface area (Å²) in [5, 5.41) is 3.43. The summed E-state index contributed by atoms with van der Waals surface area (Å²) in [6.45, 7) is 2.99. The number of hydrogen-bond donors (Lipinski definition) is 2. The lowest BCUT2D eigenvalue weighted by molar-refractivity contribution is 0.512. The van der Waals surface area contributed by atoms with Gasteiger partial charge in [0.2, 0.25) is 0 Å². The summed E-state index contributed by atoms with van der Waals surface area (Å²) in [5.41, 5.74) is 1.13. The number of nitrogens with zero attached hydrogens (tertiary/aromatic N) is 1. The molecule has 1 unspecified atom stereocenters. The highest BCUT2D eigenvalue weighted by molar-refractivity contribution is 5.17. The Kier molecular flexibility index (Phi) is 4.47. The van der Waals surface area contributed by atoms with E-state index in [0.29, 0.717) is 6.04 Å². The van der Waals surface area contributed by atoms with Crippen molar-refractivity contribution in [2.45, 2.75) is 25.8 Å². The monoisotopic (exact) mass is 247 g/mol. The third kappa shape index (κ3) is 3.67. The average Bonchev–Trinajstić information content (AvgIpc) is 2.85. The average molecular weight is 247 g/mol. The lowest BCUT2D eigenvalue weighted by Gasteiger charge is -2.16. The third-order valence-electron chi connectivity index (χ3n) is 2.88. The third-order valence-corrected chi connectivity index (χ3v) is 2.88. The maximum absolute atomic E-state index is 12.8. The Hall–Kier alpha value is -1.68. The van der Waals surface area contributed by atoms with Gasteiger partial charge in [-0.2, -0.15) is 0 Å². The van der Waals surface area contributed by atoms with E-state index in [4.69, 9.17) is 0 Å². The fraction of sp³-hybridized carbons (Fsp3) is 0.357. The highest BCUT2D eigenvalue weighted by Crippen LogP contribution is 2.08. The second-order valence-corrected chi connectivity index (χ2v) is 4.33. The Morgan fingerprint density at radius 2 is 2.06 bits per heavy atom. The molecule has 0 spiro atoms. The van der Waals surface area contributed by atoms with E-state index < -0.39 is 0 Å². The second kappa shape index (κ2) is 6.31. The molecular weight excluding hydrogens is 229 g/mol. The van der Waals surface area contributed by atoms with Gasteiger partial charge in [0.25, 0.3) is 0 Å². The molecule has 96 valence electrons. The molecule has 1 heterocycles. The molecule has 0 aliphatic heterocycles. The normalized spacial score (nSPS) is 12.6. The number of nitrogens with one attached hydrogen (secondary N) is 2. The van der Waals surface area contributed by atoms with Gasteiger partial charge in [0.1, 0.15) is 11.6 Å². The van der Waals surface area contributed by atoms with E-state index >= 15 is 0 Å². The van der Waals surface area contributed by atoms with Crippen LogP contribution in [-0.2, 0) is 12.8 Å². The highest BCUT2D eigenvalue weighted by atomic mass is 19.1. The van der Waals surface area contributed by atoms with Crippen LogP contribution in [0.1, 0.15) is 18.3 Å². The van der Waals surface area contributed by atoms with Crippen LogP contribution in [0.4, 0.5) is 4.39 Å². The molecule has 2 rings (SSSR count). The van der Waals surface area contributed by atoms with Crippen molar-refractivity contribution in [3.05, 3.63) is 53.9 Å². The molecule has 1 atom stereocenters. The lowest BCUT2D eigenvalue weighted by Crippen LogP contribution is -2.33. The summed E-state index contributed by atoms with van der Waals surface area (Å²) < 4.78 is 12.8. The first-order valence-corrected chi connectivity index (χ1v) is 6.24. The predicted octanol–water partition coefficient (Wildman–Crippen LogP) is 2.31. The number of rotatable bonds is 6. The zero-order valence-electron chi connectivity index (χ0n) is 10.5. The molecule has 0 saturated carbocycles. The Morgan fingerprint density at radius 3 is 2.67 bits per heavy atom. The number of imidazole rings is 1. The molecule has 1 aromatic carbocycles. The van der Waals surface area contributed by atoms with Crippen molar-refractivity contribution in [1.29, 1.82) is 0 Å². The molecule has 0 saturated heterocycles. The number of aromatic nitrogens is 2. The van der Waals surface area contributed by atoms with Crippen molar-refractivity contribution in [3.8, 4) is 0 Å². The number of benzene rings is 1. The van der Waals surface area contributed by atoms with Gasteiger partial charge >= 0.3 is 0 Å². The van der Waals surface area contributed by atoms with Crippen molar-refractivity contribution < 1.29 is 4.39 Å². The number of halogens is 1. The van der Waals surface area contributed by atoms with Gasteiger partial charge in [-0.15, -0.1) is 0 Å². The van der Waals surface area contributed by atoms with E-state index in [9.17, 15) is 4.39 Å². The van der Waals surface area contributed by atoms with Crippen LogP contribution in [0.2, 0.25) is 0 Å². The first-order chi connectivity index (χ1) is 8.78. The van der Waals surface area contributed by atoms with Crippen molar-refractivity contribution in [2.75, 3.05) is 6.54 Å². The summed E-state index contributed by atoms with van der Waals surface area (Å²) >= 11 is 0. The summed E-state index contributed by atoms with van der Waals surface area (Å²) in [4.78, 5) is 7.35. The molecule has 0 aliphatic carbocycles. The topological polar surface area (TPSA) is 40.7 Å². The summed E-state index contributed by atoms with van der Waals surface area (Å²) in [5.74, 6) is 0.785. The minimum absolute atomic E-state index is 0.190. The Labute approximate surface area is 106 Å². The standard InChI is InChI=1S/C14H18FN3/c1-2-16-13(10-14-17-7-8-18-14)9-11-3-5-12(15)6-4-11/h3-8,13,16H,2,9-10H2,1H3,(H,17,18). The van der Waals surface area contributed by atoms with Gasteiger partial charge in [-0.3, -0.25) is 0 Å². The first-order valence-electron chi connectivity index (χ1n) is 6.24. The zero-order valence-corrected chi connectivity index (χ0v) is 10.5. The molecule has 0 aliphatic rings. The fourth-order valence-corrected chi connectivity index (χ4v) is 2.05. The number of aromatic amines is 1. The molecule has 2 aromatic rings. The molecule has 4 heteroatoms. The zero-order chi connectivity index (χ0) is 12.8. The van der Waals surface area contributed by atoms with Gasteiger partial charge in [-0.05, 0) is 30.7 Å². The number of hydrogen-bond acceptors (Lipinski definition) is 2. The van der Waals surface area contributed by atoms with Gasteiger partial charge in [0.05, 0.1) is 0 Å². The van der Waals surface area contributed by atoms with E-state index in [1.165, 1.54) is 12.1 Å². The van der Waals surface area contributed by atoms with E-state index in [0.717, 1.165) is 30.8 Å². The minimum atomic E-state index is -0.190. The lowest BCUT2D eigenvalue weighted by atomic mass is 10.0. The molecule has 0 radical (unpaired) electrons. The SMILES string of the molecule is CCNC(Cc1ccc(F)cc1)Cc1ncc[nH]1. The van der Waals surface area contributed by atoms with E-state index in [1.54, 1.807) is 6.20 Å². The van der Waals surface area contributed by atoms with Gasteiger partial charge < -0.3 is 10.3 Å². The fourth-order valence-electron chi connectivity index (χ4n) is 2.05. The molecule has 3 nitrogen and oxygen atoms in total. The van der Waals surface area contributed by atoms with Crippen molar-refractivity contribution >= 4 is 0 Å². The van der Waals surface area contributed by atoms with Crippen LogP contribution < -0.4 is 5.32 Å². The quantitative estimate of drug-likeness (QED) is 0.822. The van der Waals surface area contributed by atoms with E-state index in [1.807, 2.05) is 18.3 Å². The van der Waals surface area contributed by atoms with Crippen LogP contribution in [0.15, 0.2) is 36.7 Å². The molecule has 2 N–H and O–H groups in total. The maximum Gasteiger partial charge on any atom is 0.123 e. The van der Waals surface area contributed by atoms with Crippen molar-refractivity contribution in [2.24, 2.45) is 0 Å². The predicted molar refractivity (Wildman–Crippen MR) is 69.9 cm³/mol. The van der Waals surface area contributed by atoms with E-state index in [2.05, 4.69) is 22.2 Å². The Morgan fingerprint density at radius 1 is 1.28 bits per heavy atom. The molecule has 0 fully saturated rings. The Bertz CT molecular complexity index is 450. The van der Waals surface area contributed by atoms with Gasteiger partial charge in [-0.25, -0.2) is 9.37 Å². The van der Waals surface area contributed by atoms with Gasteiger partial charge in [0, 0.05) is 24.9 Å². The van der Waals surface area contributed by atoms with Gasteiger partial charge in [-0.1, -0.05) is 19.1 Å². The number of H-pyrrole nitrogens is 1. The van der Waals surface area contributed by atoms with Crippen LogP contribution >= 0.6 is 0 Å². The van der Waals surface area contributed by atoms with Crippen LogP contribution in [0, 0.1) is 5.82 Å². The molecule has 0 amide bonds. The largest absolute Gasteiger partial charge is 0.349 e. The van der Waals surface area contributed by atoms with Crippen LogP contribution in [0.25, 0.3) is 0 Å².